The molecule has 11 heteroatoms. The predicted octanol–water partition coefficient (Wildman–Crippen LogP) is 1.69. The standard InChI is InChI=1S/C26H33FN8O2/c27-22-14-20(7-6-18(22)15-31-9-3-10-32-25(29)30)35-16-19-13-23(33-24(19)34-26(35)36)17-4-1-5-21(12-17)37-11-2-8-28/h1,4-7,12-14,16,24,31,33H,2-3,8-11,15,28H2,(H,34,36)(H4,29,30,32). The van der Waals surface area contributed by atoms with E-state index in [0.29, 0.717) is 44.0 Å². The minimum Gasteiger partial charge on any atom is -0.494 e. The molecule has 4 rings (SSSR count). The van der Waals surface area contributed by atoms with Crippen LogP contribution in [0.25, 0.3) is 5.70 Å². The molecule has 2 aliphatic heterocycles. The molecule has 9 N–H and O–H groups in total. The SMILES string of the molecule is NCCCOc1cccc(C2=CC3=CN(c4ccc(CNCCCN=C(N)N)c(F)c4)C(=O)NC3N2)c1. The van der Waals surface area contributed by atoms with Crippen LogP contribution in [0.5, 0.6) is 5.75 Å². The first-order valence-corrected chi connectivity index (χ1v) is 12.2. The van der Waals surface area contributed by atoms with Crippen molar-refractivity contribution in [3.05, 3.63) is 77.3 Å². The van der Waals surface area contributed by atoms with Crippen LogP contribution in [0.3, 0.4) is 0 Å². The van der Waals surface area contributed by atoms with Crippen LogP contribution in [-0.2, 0) is 6.54 Å². The number of hydrogen-bond acceptors (Lipinski definition) is 6. The fourth-order valence-corrected chi connectivity index (χ4v) is 4.01. The highest BCUT2D eigenvalue weighted by Gasteiger charge is 2.31. The van der Waals surface area contributed by atoms with E-state index in [-0.39, 0.29) is 18.2 Å². The van der Waals surface area contributed by atoms with Gasteiger partial charge in [-0.3, -0.25) is 9.89 Å². The predicted molar refractivity (Wildman–Crippen MR) is 143 cm³/mol. The Balaban J connectivity index is 1.42. The second-order valence-corrected chi connectivity index (χ2v) is 8.72. The van der Waals surface area contributed by atoms with Gasteiger partial charge in [-0.1, -0.05) is 18.2 Å². The third kappa shape index (κ3) is 6.78. The second kappa shape index (κ2) is 12.2. The summed E-state index contributed by atoms with van der Waals surface area (Å²) in [6, 6.07) is 12.1. The highest BCUT2D eigenvalue weighted by atomic mass is 19.1. The minimum atomic E-state index is -0.394. The van der Waals surface area contributed by atoms with Crippen molar-refractivity contribution >= 4 is 23.4 Å². The quantitative estimate of drug-likeness (QED) is 0.145. The number of nitrogens with one attached hydrogen (secondary N) is 3. The molecule has 37 heavy (non-hydrogen) atoms. The molecule has 0 spiro atoms. The van der Waals surface area contributed by atoms with Crippen LogP contribution in [0.2, 0.25) is 0 Å². The molecule has 2 aromatic carbocycles. The lowest BCUT2D eigenvalue weighted by molar-refractivity contribution is 0.244. The van der Waals surface area contributed by atoms with Crippen molar-refractivity contribution in [2.24, 2.45) is 22.2 Å². The second-order valence-electron chi connectivity index (χ2n) is 8.72. The topological polar surface area (TPSA) is 156 Å². The van der Waals surface area contributed by atoms with Gasteiger partial charge in [0, 0.05) is 41.7 Å². The maximum Gasteiger partial charge on any atom is 0.327 e. The number of benzene rings is 2. The Bertz CT molecular complexity index is 1210. The molecular weight excluding hydrogens is 475 g/mol. The summed E-state index contributed by atoms with van der Waals surface area (Å²) < 4.78 is 20.5. The Labute approximate surface area is 215 Å². The van der Waals surface area contributed by atoms with Crippen LogP contribution in [0.1, 0.15) is 24.0 Å². The molecule has 2 amide bonds. The summed E-state index contributed by atoms with van der Waals surface area (Å²) in [5.41, 5.74) is 19.7. The van der Waals surface area contributed by atoms with Crippen molar-refractivity contribution in [1.29, 1.82) is 0 Å². The van der Waals surface area contributed by atoms with Crippen molar-refractivity contribution in [2.75, 3.05) is 31.1 Å². The summed E-state index contributed by atoms with van der Waals surface area (Å²) in [6.07, 6.45) is 4.83. The summed E-state index contributed by atoms with van der Waals surface area (Å²) in [5.74, 6) is 0.416. The van der Waals surface area contributed by atoms with Gasteiger partial charge >= 0.3 is 6.03 Å². The third-order valence-corrected chi connectivity index (χ3v) is 5.91. The van der Waals surface area contributed by atoms with Crippen molar-refractivity contribution in [3.63, 3.8) is 0 Å². The van der Waals surface area contributed by atoms with Gasteiger partial charge in [-0.15, -0.1) is 0 Å². The average Bonchev–Trinajstić information content (AvgIpc) is 3.29. The highest BCUT2D eigenvalue weighted by Crippen LogP contribution is 2.30. The number of guanidine groups is 1. The van der Waals surface area contributed by atoms with Gasteiger partial charge in [0.25, 0.3) is 0 Å². The molecule has 0 bridgehead atoms. The fourth-order valence-electron chi connectivity index (χ4n) is 4.01. The van der Waals surface area contributed by atoms with Crippen LogP contribution in [0.4, 0.5) is 14.9 Å². The number of amides is 2. The number of nitrogens with two attached hydrogens (primary N) is 3. The van der Waals surface area contributed by atoms with E-state index in [1.165, 1.54) is 11.0 Å². The summed E-state index contributed by atoms with van der Waals surface area (Å²) in [5, 5.41) is 9.42. The van der Waals surface area contributed by atoms with Gasteiger partial charge in [-0.25, -0.2) is 9.18 Å². The van der Waals surface area contributed by atoms with Crippen molar-refractivity contribution in [1.82, 2.24) is 16.0 Å². The molecule has 0 fully saturated rings. The van der Waals surface area contributed by atoms with Crippen LogP contribution in [-0.4, -0.2) is 44.4 Å². The summed E-state index contributed by atoms with van der Waals surface area (Å²) in [7, 11) is 0. The van der Waals surface area contributed by atoms with Crippen LogP contribution < -0.4 is 42.8 Å². The number of carbonyl (C=O) groups is 1. The molecule has 1 unspecified atom stereocenters. The van der Waals surface area contributed by atoms with Gasteiger partial charge in [0.05, 0.1) is 12.3 Å². The van der Waals surface area contributed by atoms with E-state index in [9.17, 15) is 9.18 Å². The van der Waals surface area contributed by atoms with E-state index >= 15 is 0 Å². The summed E-state index contributed by atoms with van der Waals surface area (Å²) in [4.78, 5) is 18.1. The first-order chi connectivity index (χ1) is 17.9. The van der Waals surface area contributed by atoms with Crippen LogP contribution in [0, 0.1) is 5.82 Å². The van der Waals surface area contributed by atoms with E-state index < -0.39 is 5.82 Å². The Morgan fingerprint density at radius 3 is 2.81 bits per heavy atom. The molecule has 0 aromatic heterocycles. The van der Waals surface area contributed by atoms with E-state index in [0.717, 1.165) is 35.4 Å². The van der Waals surface area contributed by atoms with Gasteiger partial charge in [0.2, 0.25) is 0 Å². The maximum absolute atomic E-state index is 14.8. The Morgan fingerprint density at radius 1 is 1.16 bits per heavy atom. The summed E-state index contributed by atoms with van der Waals surface area (Å²) in [6.45, 7) is 2.63. The number of ether oxygens (including phenoxy) is 1. The number of rotatable bonds is 12. The average molecular weight is 509 g/mol. The number of urea groups is 1. The zero-order valence-corrected chi connectivity index (χ0v) is 20.5. The first-order valence-electron chi connectivity index (χ1n) is 12.2. The van der Waals surface area contributed by atoms with Crippen molar-refractivity contribution in [3.8, 4) is 5.75 Å². The molecule has 0 radical (unpaired) electrons. The van der Waals surface area contributed by atoms with Gasteiger partial charge < -0.3 is 37.9 Å². The molecule has 1 atom stereocenters. The molecule has 2 aliphatic rings. The van der Waals surface area contributed by atoms with Crippen molar-refractivity contribution in [2.45, 2.75) is 25.6 Å². The normalized spacial score (nSPS) is 16.3. The van der Waals surface area contributed by atoms with Gasteiger partial charge in [-0.05, 0) is 56.3 Å². The molecule has 2 heterocycles. The van der Waals surface area contributed by atoms with Gasteiger partial charge in [0.1, 0.15) is 17.7 Å². The molecule has 2 aromatic rings. The van der Waals surface area contributed by atoms with Gasteiger partial charge in [0.15, 0.2) is 5.96 Å². The number of hydrogen-bond donors (Lipinski definition) is 6. The zero-order valence-electron chi connectivity index (χ0n) is 20.5. The van der Waals surface area contributed by atoms with E-state index in [2.05, 4.69) is 20.9 Å². The lowest BCUT2D eigenvalue weighted by atomic mass is 10.1. The first kappa shape index (κ1) is 26.0. The zero-order chi connectivity index (χ0) is 26.2. The number of fused-ring (bicyclic) bond motifs is 1. The number of carbonyl (C=O) groups excluding carboxylic acids is 1. The molecular formula is C26H33FN8O2. The maximum atomic E-state index is 14.8. The lowest BCUT2D eigenvalue weighted by Gasteiger charge is -2.29. The molecule has 0 saturated heterocycles. The smallest absolute Gasteiger partial charge is 0.327 e. The summed E-state index contributed by atoms with van der Waals surface area (Å²) >= 11 is 0. The number of halogens is 1. The van der Waals surface area contributed by atoms with Crippen LogP contribution >= 0.6 is 0 Å². The lowest BCUT2D eigenvalue weighted by Crippen LogP contribution is -2.51. The molecule has 0 aliphatic carbocycles. The number of nitrogens with zero attached hydrogens (tertiary/aromatic N) is 2. The Hall–Kier alpha value is -4.09. The monoisotopic (exact) mass is 508 g/mol. The van der Waals surface area contributed by atoms with E-state index in [1.54, 1.807) is 18.3 Å². The third-order valence-electron chi connectivity index (χ3n) is 5.91. The van der Waals surface area contributed by atoms with E-state index in [1.807, 2.05) is 30.3 Å². The molecule has 196 valence electrons. The van der Waals surface area contributed by atoms with Gasteiger partial charge in [-0.2, -0.15) is 0 Å². The largest absolute Gasteiger partial charge is 0.494 e. The number of aliphatic imine (C=N–C) groups is 1. The fraction of sp³-hybridized carbons (Fsp3) is 0.308. The van der Waals surface area contributed by atoms with Crippen molar-refractivity contribution < 1.29 is 13.9 Å². The Kier molecular flexibility index (Phi) is 8.60. The molecule has 0 saturated carbocycles. The van der Waals surface area contributed by atoms with E-state index in [4.69, 9.17) is 21.9 Å². The molecule has 10 nitrogen and oxygen atoms in total. The Morgan fingerprint density at radius 2 is 2.03 bits per heavy atom. The van der Waals surface area contributed by atoms with Crippen LogP contribution in [0.15, 0.2) is 65.3 Å². The minimum absolute atomic E-state index is 0.0580. The highest BCUT2D eigenvalue weighted by molar-refractivity contribution is 5.96. The number of anilines is 1.